The normalized spacial score (nSPS) is 37.7. The van der Waals surface area contributed by atoms with E-state index in [0.29, 0.717) is 19.1 Å². The van der Waals surface area contributed by atoms with Crippen LogP contribution < -0.4 is 0 Å². The number of hydrogen-bond donors (Lipinski definition) is 1. The topological polar surface area (TPSA) is 23.5 Å². The average Bonchev–Trinajstić information content (AvgIpc) is 2.66. The van der Waals surface area contributed by atoms with Crippen LogP contribution in [0.5, 0.6) is 0 Å². The van der Waals surface area contributed by atoms with Crippen molar-refractivity contribution in [3.05, 3.63) is 0 Å². The van der Waals surface area contributed by atoms with Crippen LogP contribution in [0.15, 0.2) is 0 Å². The van der Waals surface area contributed by atoms with Crippen LogP contribution in [0.3, 0.4) is 0 Å². The number of aliphatic hydroxyl groups excluding tert-OH is 1. The zero-order chi connectivity index (χ0) is 19.4. The maximum Gasteiger partial charge on any atom is 0.250 e. The molecular formula is C23H41F2NO. The Hall–Kier alpha value is -0.220. The summed E-state index contributed by atoms with van der Waals surface area (Å²) >= 11 is 0. The monoisotopic (exact) mass is 385 g/mol. The number of likely N-dealkylation sites (tertiary alicyclic amines) is 1. The SMILES string of the molecule is CC(CCC(C)C1CCCC(N2CCC(F)(F)CC2)C1)C1CCC(O)CC1. The maximum absolute atomic E-state index is 13.5. The number of halogens is 2. The lowest BCUT2D eigenvalue weighted by molar-refractivity contribution is -0.0682. The van der Waals surface area contributed by atoms with Crippen molar-refractivity contribution in [2.45, 2.75) is 109 Å². The molecule has 0 aromatic carbocycles. The minimum absolute atomic E-state index is 0.0529. The predicted octanol–water partition coefficient (Wildman–Crippen LogP) is 5.88. The first-order chi connectivity index (χ1) is 12.8. The molecule has 3 rings (SSSR count). The fraction of sp³-hybridized carbons (Fsp3) is 1.00. The molecule has 0 radical (unpaired) electrons. The fourth-order valence-electron chi connectivity index (χ4n) is 5.93. The highest BCUT2D eigenvalue weighted by Gasteiger charge is 2.38. The molecule has 0 aromatic rings. The molecule has 1 saturated heterocycles. The van der Waals surface area contributed by atoms with Crippen LogP contribution >= 0.6 is 0 Å². The zero-order valence-electron chi connectivity index (χ0n) is 17.5. The standard InChI is InChI=1S/C23H41F2NO/c1-17(19-8-10-22(27)11-9-19)6-7-18(2)20-4-3-5-21(16-20)26-14-12-23(24,25)13-15-26/h17-22,27H,3-16H2,1-2H3. The summed E-state index contributed by atoms with van der Waals surface area (Å²) in [6.07, 6.45) is 12.0. The van der Waals surface area contributed by atoms with Crippen LogP contribution in [0.1, 0.15) is 90.9 Å². The highest BCUT2D eigenvalue weighted by molar-refractivity contribution is 4.87. The molecule has 0 aromatic heterocycles. The lowest BCUT2D eigenvalue weighted by Gasteiger charge is -2.42. The molecule has 2 saturated carbocycles. The van der Waals surface area contributed by atoms with Gasteiger partial charge in [-0.3, -0.25) is 4.90 Å². The van der Waals surface area contributed by atoms with Gasteiger partial charge in [0.05, 0.1) is 6.10 Å². The summed E-state index contributed by atoms with van der Waals surface area (Å²) in [5.74, 6) is 0.656. The molecule has 4 unspecified atom stereocenters. The van der Waals surface area contributed by atoms with Gasteiger partial charge in [-0.1, -0.05) is 39.5 Å². The molecule has 158 valence electrons. The number of aliphatic hydroxyl groups is 1. The summed E-state index contributed by atoms with van der Waals surface area (Å²) in [6, 6.07) is 0.541. The van der Waals surface area contributed by atoms with E-state index in [1.807, 2.05) is 0 Å². The molecule has 0 spiro atoms. The molecule has 0 bridgehead atoms. The molecule has 0 amide bonds. The van der Waals surface area contributed by atoms with E-state index in [9.17, 15) is 13.9 Å². The van der Waals surface area contributed by atoms with Crippen molar-refractivity contribution >= 4 is 0 Å². The van der Waals surface area contributed by atoms with Crippen molar-refractivity contribution in [3.8, 4) is 0 Å². The predicted molar refractivity (Wildman–Crippen MR) is 107 cm³/mol. The van der Waals surface area contributed by atoms with Crippen molar-refractivity contribution < 1.29 is 13.9 Å². The van der Waals surface area contributed by atoms with Gasteiger partial charge in [-0.15, -0.1) is 0 Å². The summed E-state index contributed by atoms with van der Waals surface area (Å²) in [5.41, 5.74) is 0. The van der Waals surface area contributed by atoms with Crippen LogP contribution in [-0.2, 0) is 0 Å². The van der Waals surface area contributed by atoms with Gasteiger partial charge in [-0.05, 0) is 62.2 Å². The third-order valence-corrected chi connectivity index (χ3v) is 8.16. The van der Waals surface area contributed by atoms with Crippen molar-refractivity contribution in [3.63, 3.8) is 0 Å². The van der Waals surface area contributed by atoms with E-state index in [1.54, 1.807) is 0 Å². The van der Waals surface area contributed by atoms with Gasteiger partial charge >= 0.3 is 0 Å². The molecule has 1 heterocycles. The van der Waals surface area contributed by atoms with Gasteiger partial charge < -0.3 is 5.11 Å². The molecular weight excluding hydrogens is 344 g/mol. The number of nitrogens with zero attached hydrogens (tertiary/aromatic N) is 1. The highest BCUT2D eigenvalue weighted by Crippen LogP contribution is 2.39. The largest absolute Gasteiger partial charge is 0.393 e. The maximum atomic E-state index is 13.5. The summed E-state index contributed by atoms with van der Waals surface area (Å²) in [7, 11) is 0. The molecule has 2 nitrogen and oxygen atoms in total. The molecule has 1 aliphatic heterocycles. The van der Waals surface area contributed by atoms with E-state index >= 15 is 0 Å². The van der Waals surface area contributed by atoms with Gasteiger partial charge in [-0.2, -0.15) is 0 Å². The minimum Gasteiger partial charge on any atom is -0.393 e. The van der Waals surface area contributed by atoms with Crippen LogP contribution in [0.25, 0.3) is 0 Å². The molecule has 3 aliphatic rings. The Labute approximate surface area is 165 Å². The molecule has 3 fully saturated rings. The second kappa shape index (κ2) is 9.52. The van der Waals surface area contributed by atoms with Crippen LogP contribution in [-0.4, -0.2) is 41.2 Å². The summed E-state index contributed by atoms with van der Waals surface area (Å²) in [5, 5.41) is 9.71. The van der Waals surface area contributed by atoms with Crippen molar-refractivity contribution in [2.75, 3.05) is 13.1 Å². The van der Waals surface area contributed by atoms with E-state index in [4.69, 9.17) is 0 Å². The molecule has 2 aliphatic carbocycles. The van der Waals surface area contributed by atoms with Crippen LogP contribution in [0, 0.1) is 23.7 Å². The Morgan fingerprint density at radius 3 is 2.11 bits per heavy atom. The third-order valence-electron chi connectivity index (χ3n) is 8.16. The summed E-state index contributed by atoms with van der Waals surface area (Å²) in [4.78, 5) is 2.37. The molecule has 1 N–H and O–H groups in total. The average molecular weight is 386 g/mol. The van der Waals surface area contributed by atoms with E-state index in [2.05, 4.69) is 18.7 Å². The number of rotatable bonds is 6. The Bertz CT molecular complexity index is 440. The Kier molecular flexibility index (Phi) is 7.58. The second-order valence-electron chi connectivity index (χ2n) is 10.1. The zero-order valence-corrected chi connectivity index (χ0v) is 17.5. The minimum atomic E-state index is -2.43. The summed E-state index contributed by atoms with van der Waals surface area (Å²) in [6.45, 7) is 6.01. The van der Waals surface area contributed by atoms with Crippen molar-refractivity contribution in [1.29, 1.82) is 0 Å². The van der Waals surface area contributed by atoms with Gasteiger partial charge in [0.15, 0.2) is 0 Å². The van der Waals surface area contributed by atoms with Gasteiger partial charge in [-0.25, -0.2) is 8.78 Å². The van der Waals surface area contributed by atoms with Gasteiger partial charge in [0.2, 0.25) is 0 Å². The molecule has 4 atom stereocenters. The lowest BCUT2D eigenvalue weighted by Crippen LogP contribution is -2.47. The van der Waals surface area contributed by atoms with Gasteiger partial charge in [0, 0.05) is 32.0 Å². The van der Waals surface area contributed by atoms with E-state index < -0.39 is 5.92 Å². The van der Waals surface area contributed by atoms with Crippen molar-refractivity contribution in [1.82, 2.24) is 4.90 Å². The second-order valence-corrected chi connectivity index (χ2v) is 10.1. The van der Waals surface area contributed by atoms with Crippen LogP contribution in [0.4, 0.5) is 8.78 Å². The summed E-state index contributed by atoms with van der Waals surface area (Å²) < 4.78 is 26.9. The third kappa shape index (κ3) is 6.13. The van der Waals surface area contributed by atoms with Gasteiger partial charge in [0.1, 0.15) is 0 Å². The number of hydrogen-bond acceptors (Lipinski definition) is 2. The Balaban J connectivity index is 1.41. The molecule has 27 heavy (non-hydrogen) atoms. The number of alkyl halides is 2. The first-order valence-electron chi connectivity index (χ1n) is 11.6. The highest BCUT2D eigenvalue weighted by atomic mass is 19.3. The van der Waals surface area contributed by atoms with Crippen molar-refractivity contribution in [2.24, 2.45) is 23.7 Å². The fourth-order valence-corrected chi connectivity index (χ4v) is 5.93. The van der Waals surface area contributed by atoms with E-state index in [0.717, 1.165) is 36.5 Å². The number of piperidine rings is 1. The van der Waals surface area contributed by atoms with Gasteiger partial charge in [0.25, 0.3) is 5.92 Å². The van der Waals surface area contributed by atoms with Crippen LogP contribution in [0.2, 0.25) is 0 Å². The smallest absolute Gasteiger partial charge is 0.250 e. The Morgan fingerprint density at radius 2 is 1.48 bits per heavy atom. The van der Waals surface area contributed by atoms with E-state index in [-0.39, 0.29) is 18.9 Å². The first kappa shape index (κ1) is 21.5. The quantitative estimate of drug-likeness (QED) is 0.617. The Morgan fingerprint density at radius 1 is 0.889 bits per heavy atom. The molecule has 4 heteroatoms. The van der Waals surface area contributed by atoms with E-state index in [1.165, 1.54) is 51.4 Å². The lowest BCUT2D eigenvalue weighted by atomic mass is 9.73. The first-order valence-corrected chi connectivity index (χ1v) is 11.6.